The molecule has 100 valence electrons. The molecule has 2 heteroatoms. The second kappa shape index (κ2) is 5.33. The van der Waals surface area contributed by atoms with Crippen LogP contribution in [0, 0.1) is 0 Å². The highest BCUT2D eigenvalue weighted by molar-refractivity contribution is 5.89. The van der Waals surface area contributed by atoms with Crippen molar-refractivity contribution in [3.8, 4) is 11.3 Å². The molecular weight excluding hydrogens is 246 g/mol. The summed E-state index contributed by atoms with van der Waals surface area (Å²) in [5, 5.41) is 1.18. The molecule has 0 aliphatic rings. The zero-order valence-electron chi connectivity index (χ0n) is 11.5. The van der Waals surface area contributed by atoms with Gasteiger partial charge in [-0.1, -0.05) is 55.5 Å². The van der Waals surface area contributed by atoms with Gasteiger partial charge in [-0.2, -0.15) is 0 Å². The second-order valence-corrected chi connectivity index (χ2v) is 4.93. The number of ketones is 1. The van der Waals surface area contributed by atoms with E-state index >= 15 is 0 Å². The first-order valence-corrected chi connectivity index (χ1v) is 6.95. The van der Waals surface area contributed by atoms with Gasteiger partial charge >= 0.3 is 0 Å². The molecule has 3 rings (SSSR count). The average Bonchev–Trinajstić information content (AvgIpc) is 2.87. The van der Waals surface area contributed by atoms with Crippen LogP contribution in [0.2, 0.25) is 0 Å². The Morgan fingerprint density at radius 3 is 2.45 bits per heavy atom. The van der Waals surface area contributed by atoms with E-state index in [-0.39, 0.29) is 5.78 Å². The van der Waals surface area contributed by atoms with E-state index in [1.54, 1.807) is 0 Å². The van der Waals surface area contributed by atoms with Gasteiger partial charge in [-0.15, -0.1) is 0 Å². The molecule has 1 heterocycles. The highest BCUT2D eigenvalue weighted by atomic mass is 16.1. The highest BCUT2D eigenvalue weighted by Gasteiger charge is 2.12. The van der Waals surface area contributed by atoms with E-state index in [2.05, 4.69) is 34.9 Å². The largest absolute Gasteiger partial charge is 0.333 e. The minimum Gasteiger partial charge on any atom is -0.333 e. The summed E-state index contributed by atoms with van der Waals surface area (Å²) < 4.78 is 2.12. The molecule has 0 saturated heterocycles. The van der Waals surface area contributed by atoms with Crippen molar-refractivity contribution in [2.75, 3.05) is 0 Å². The first-order valence-electron chi connectivity index (χ1n) is 6.95. The number of hydrogen-bond donors (Lipinski definition) is 0. The summed E-state index contributed by atoms with van der Waals surface area (Å²) in [7, 11) is 0. The van der Waals surface area contributed by atoms with Crippen LogP contribution >= 0.6 is 0 Å². The van der Waals surface area contributed by atoms with Crippen LogP contribution in [0.5, 0.6) is 0 Å². The van der Waals surface area contributed by atoms with Gasteiger partial charge in [0.1, 0.15) is 0 Å². The molecule has 0 atom stereocenters. The van der Waals surface area contributed by atoms with Gasteiger partial charge in [0.05, 0.1) is 6.54 Å². The molecule has 2 aromatic carbocycles. The molecule has 1 aromatic heterocycles. The molecule has 0 saturated carbocycles. The lowest BCUT2D eigenvalue weighted by Gasteiger charge is -2.09. The summed E-state index contributed by atoms with van der Waals surface area (Å²) in [6.45, 7) is 2.35. The standard InChI is InChI=1S/C18H17NO/c1-2-16(20)13-19-17-11-7-6-10-15(17)12-18(19)14-8-4-3-5-9-14/h3-12H,2,13H2,1H3. The summed E-state index contributed by atoms with van der Waals surface area (Å²) in [6.07, 6.45) is 0.570. The Morgan fingerprint density at radius 2 is 1.70 bits per heavy atom. The lowest BCUT2D eigenvalue weighted by atomic mass is 10.1. The number of para-hydroxylation sites is 1. The lowest BCUT2D eigenvalue weighted by Crippen LogP contribution is -2.09. The zero-order valence-corrected chi connectivity index (χ0v) is 11.5. The van der Waals surface area contributed by atoms with Crippen molar-refractivity contribution in [1.29, 1.82) is 0 Å². The van der Waals surface area contributed by atoms with Crippen molar-refractivity contribution < 1.29 is 4.79 Å². The molecule has 0 amide bonds. The van der Waals surface area contributed by atoms with Crippen LogP contribution in [-0.2, 0) is 11.3 Å². The molecular formula is C18H17NO. The molecule has 0 unspecified atom stereocenters. The van der Waals surface area contributed by atoms with Crippen molar-refractivity contribution in [2.45, 2.75) is 19.9 Å². The van der Waals surface area contributed by atoms with Crippen LogP contribution in [-0.4, -0.2) is 10.4 Å². The molecule has 0 bridgehead atoms. The third-order valence-electron chi connectivity index (χ3n) is 3.61. The van der Waals surface area contributed by atoms with E-state index in [0.29, 0.717) is 13.0 Å². The number of rotatable bonds is 4. The smallest absolute Gasteiger partial charge is 0.152 e. The topological polar surface area (TPSA) is 22.0 Å². The summed E-state index contributed by atoms with van der Waals surface area (Å²) in [6, 6.07) is 20.6. The van der Waals surface area contributed by atoms with Gasteiger partial charge in [-0.3, -0.25) is 4.79 Å². The number of Topliss-reactive ketones (excluding diaryl/α,β-unsaturated/α-hetero) is 1. The van der Waals surface area contributed by atoms with Crippen LogP contribution < -0.4 is 0 Å². The maximum absolute atomic E-state index is 11.9. The summed E-state index contributed by atoms with van der Waals surface area (Å²) in [4.78, 5) is 11.9. The van der Waals surface area contributed by atoms with Crippen molar-refractivity contribution in [2.24, 2.45) is 0 Å². The molecule has 3 aromatic rings. The van der Waals surface area contributed by atoms with Gasteiger partial charge in [0.25, 0.3) is 0 Å². The van der Waals surface area contributed by atoms with E-state index in [1.165, 1.54) is 5.39 Å². The minimum absolute atomic E-state index is 0.253. The van der Waals surface area contributed by atoms with Crippen molar-refractivity contribution in [1.82, 2.24) is 4.57 Å². The number of aromatic nitrogens is 1. The number of fused-ring (bicyclic) bond motifs is 1. The molecule has 0 aliphatic heterocycles. The predicted octanol–water partition coefficient (Wildman–Crippen LogP) is 4.29. The Hall–Kier alpha value is -2.35. The molecule has 0 radical (unpaired) electrons. The van der Waals surface area contributed by atoms with Crippen molar-refractivity contribution in [3.05, 3.63) is 60.7 Å². The Morgan fingerprint density at radius 1 is 1.00 bits per heavy atom. The van der Waals surface area contributed by atoms with Crippen LogP contribution in [0.1, 0.15) is 13.3 Å². The van der Waals surface area contributed by atoms with Gasteiger partial charge in [0.2, 0.25) is 0 Å². The number of carbonyl (C=O) groups is 1. The van der Waals surface area contributed by atoms with Gasteiger partial charge in [-0.25, -0.2) is 0 Å². The monoisotopic (exact) mass is 263 g/mol. The van der Waals surface area contributed by atoms with E-state index < -0.39 is 0 Å². The summed E-state index contributed by atoms with van der Waals surface area (Å²) in [5.74, 6) is 0.253. The SMILES string of the molecule is CCC(=O)Cn1c(-c2ccccc2)cc2ccccc21. The predicted molar refractivity (Wildman–Crippen MR) is 82.7 cm³/mol. The van der Waals surface area contributed by atoms with Crippen LogP contribution in [0.25, 0.3) is 22.2 Å². The van der Waals surface area contributed by atoms with Gasteiger partial charge < -0.3 is 4.57 Å². The molecule has 0 fully saturated rings. The molecule has 2 nitrogen and oxygen atoms in total. The molecule has 0 aliphatic carbocycles. The maximum atomic E-state index is 11.9. The normalized spacial score (nSPS) is 10.8. The molecule has 0 N–H and O–H groups in total. The first kappa shape index (κ1) is 12.7. The average molecular weight is 263 g/mol. The van der Waals surface area contributed by atoms with Crippen molar-refractivity contribution >= 4 is 16.7 Å². The summed E-state index contributed by atoms with van der Waals surface area (Å²) >= 11 is 0. The fourth-order valence-corrected chi connectivity index (χ4v) is 2.52. The zero-order chi connectivity index (χ0) is 13.9. The van der Waals surface area contributed by atoms with E-state index in [4.69, 9.17) is 0 Å². The number of hydrogen-bond acceptors (Lipinski definition) is 1. The van der Waals surface area contributed by atoms with Gasteiger partial charge in [0, 0.05) is 23.0 Å². The van der Waals surface area contributed by atoms with E-state index in [1.807, 2.05) is 37.3 Å². The fraction of sp³-hybridized carbons (Fsp3) is 0.167. The lowest BCUT2D eigenvalue weighted by molar-refractivity contribution is -0.119. The van der Waals surface area contributed by atoms with Gasteiger partial charge in [-0.05, 0) is 17.7 Å². The van der Waals surface area contributed by atoms with Crippen LogP contribution in [0.3, 0.4) is 0 Å². The number of nitrogens with zero attached hydrogens (tertiary/aromatic N) is 1. The third-order valence-corrected chi connectivity index (χ3v) is 3.61. The third kappa shape index (κ3) is 2.25. The Balaban J connectivity index is 2.20. The van der Waals surface area contributed by atoms with E-state index in [0.717, 1.165) is 16.8 Å². The minimum atomic E-state index is 0.253. The number of benzene rings is 2. The second-order valence-electron chi connectivity index (χ2n) is 4.93. The molecule has 20 heavy (non-hydrogen) atoms. The quantitative estimate of drug-likeness (QED) is 0.688. The Labute approximate surface area is 118 Å². The fourth-order valence-electron chi connectivity index (χ4n) is 2.52. The first-order chi connectivity index (χ1) is 9.79. The van der Waals surface area contributed by atoms with Gasteiger partial charge in [0.15, 0.2) is 5.78 Å². The summed E-state index contributed by atoms with van der Waals surface area (Å²) in [5.41, 5.74) is 3.37. The van der Waals surface area contributed by atoms with Crippen molar-refractivity contribution in [3.63, 3.8) is 0 Å². The van der Waals surface area contributed by atoms with E-state index in [9.17, 15) is 4.79 Å². The Kier molecular flexibility index (Phi) is 3.38. The highest BCUT2D eigenvalue weighted by Crippen LogP contribution is 2.28. The van der Waals surface area contributed by atoms with Crippen LogP contribution in [0.4, 0.5) is 0 Å². The number of carbonyl (C=O) groups excluding carboxylic acids is 1. The maximum Gasteiger partial charge on any atom is 0.152 e. The molecule has 0 spiro atoms. The Bertz CT molecular complexity index is 740. The van der Waals surface area contributed by atoms with Crippen LogP contribution in [0.15, 0.2) is 60.7 Å².